The maximum absolute atomic E-state index is 13.5. The zero-order valence-corrected chi connectivity index (χ0v) is 16.1. The van der Waals surface area contributed by atoms with Crippen LogP contribution in [0, 0.1) is 0 Å². The molecule has 2 aromatic rings. The predicted octanol–water partition coefficient (Wildman–Crippen LogP) is 4.07. The van der Waals surface area contributed by atoms with E-state index in [0.29, 0.717) is 28.9 Å². The van der Waals surface area contributed by atoms with E-state index in [1.807, 2.05) is 6.07 Å². The van der Waals surface area contributed by atoms with Gasteiger partial charge in [0.05, 0.1) is 22.4 Å². The van der Waals surface area contributed by atoms with Crippen LogP contribution in [0.3, 0.4) is 0 Å². The van der Waals surface area contributed by atoms with Gasteiger partial charge in [-0.15, -0.1) is 0 Å². The molecule has 0 aliphatic heterocycles. The van der Waals surface area contributed by atoms with Gasteiger partial charge in [0.2, 0.25) is 5.95 Å². The molecule has 0 bridgehead atoms. The summed E-state index contributed by atoms with van der Waals surface area (Å²) in [5, 5.41) is 16.7. The van der Waals surface area contributed by atoms with E-state index in [2.05, 4.69) is 25.6 Å². The summed E-state index contributed by atoms with van der Waals surface area (Å²) < 4.78 is 13.5. The van der Waals surface area contributed by atoms with Gasteiger partial charge in [0.15, 0.2) is 0 Å². The van der Waals surface area contributed by atoms with Gasteiger partial charge in [0, 0.05) is 25.0 Å². The van der Waals surface area contributed by atoms with Crippen molar-refractivity contribution in [1.82, 2.24) is 15.0 Å². The number of rotatable bonds is 7. The molecule has 0 aromatic carbocycles. The van der Waals surface area contributed by atoms with E-state index in [4.69, 9.17) is 11.6 Å². The van der Waals surface area contributed by atoms with Gasteiger partial charge in [-0.05, 0) is 44.2 Å². The monoisotopic (exact) mass is 393 g/mol. The molecule has 0 radical (unpaired) electrons. The maximum Gasteiger partial charge on any atom is 0.224 e. The number of halogens is 2. The molecular weight excluding hydrogens is 369 g/mol. The first-order valence-electron chi connectivity index (χ1n) is 9.36. The van der Waals surface area contributed by atoms with Crippen LogP contribution in [-0.4, -0.2) is 44.9 Å². The Morgan fingerprint density at radius 2 is 2.00 bits per heavy atom. The number of aliphatic hydroxyl groups excluding tert-OH is 1. The number of aromatic nitrogens is 3. The summed E-state index contributed by atoms with van der Waals surface area (Å²) in [5.74, 6) is 1.03. The summed E-state index contributed by atoms with van der Waals surface area (Å²) in [7, 11) is 0. The highest BCUT2D eigenvalue weighted by atomic mass is 35.5. The Bertz CT molecular complexity index is 737. The van der Waals surface area contributed by atoms with E-state index in [1.165, 1.54) is 0 Å². The number of alkyl halides is 1. The Hall–Kier alpha value is -1.99. The number of nitrogens with zero attached hydrogens (tertiary/aromatic N) is 3. The lowest BCUT2D eigenvalue weighted by Gasteiger charge is -2.27. The number of hydrogen-bond donors (Lipinski definition) is 3. The van der Waals surface area contributed by atoms with Crippen LogP contribution in [0.5, 0.6) is 0 Å². The maximum atomic E-state index is 13.5. The first-order chi connectivity index (χ1) is 13.0. The minimum absolute atomic E-state index is 0.171. The highest BCUT2D eigenvalue weighted by Gasteiger charge is 2.21. The summed E-state index contributed by atoms with van der Waals surface area (Å²) in [6.45, 7) is 1.97. The number of pyridine rings is 1. The Labute approximate surface area is 163 Å². The molecule has 2 aromatic heterocycles. The fourth-order valence-electron chi connectivity index (χ4n) is 3.06. The minimum atomic E-state index is -0.942. The number of aliphatic hydroxyl groups is 1. The fraction of sp³-hybridized carbons (Fsp3) is 0.526. The standard InChI is InChI=1S/C19H25ClFN5O/c1-2-13(21)10-23-19-24-11-16(17-8-3-12(20)9-22-17)18(26-19)25-14-4-6-15(27)7-5-14/h3,8-9,11,13-15,27H,2,4-7,10H2,1H3,(H2,23,24,25,26)/t13-,14?,15?/m0/s1. The van der Waals surface area contributed by atoms with E-state index in [1.54, 1.807) is 25.4 Å². The van der Waals surface area contributed by atoms with E-state index >= 15 is 0 Å². The van der Waals surface area contributed by atoms with Gasteiger partial charge >= 0.3 is 0 Å². The molecule has 1 fully saturated rings. The van der Waals surface area contributed by atoms with Crippen LogP contribution in [0.2, 0.25) is 5.02 Å². The van der Waals surface area contributed by atoms with Crippen molar-refractivity contribution in [2.75, 3.05) is 17.2 Å². The molecule has 1 atom stereocenters. The Balaban J connectivity index is 1.83. The molecule has 2 heterocycles. The molecule has 8 heteroatoms. The van der Waals surface area contributed by atoms with Gasteiger partial charge in [0.1, 0.15) is 12.0 Å². The average molecular weight is 394 g/mol. The van der Waals surface area contributed by atoms with Gasteiger partial charge in [-0.25, -0.2) is 9.37 Å². The lowest BCUT2D eigenvalue weighted by atomic mass is 9.93. The average Bonchev–Trinajstić information content (AvgIpc) is 2.69. The zero-order valence-electron chi connectivity index (χ0n) is 15.3. The van der Waals surface area contributed by atoms with Crippen molar-refractivity contribution in [2.45, 2.75) is 57.3 Å². The first-order valence-corrected chi connectivity index (χ1v) is 9.74. The molecule has 6 nitrogen and oxygen atoms in total. The topological polar surface area (TPSA) is 83.0 Å². The van der Waals surface area contributed by atoms with Crippen LogP contribution in [0.15, 0.2) is 24.5 Å². The van der Waals surface area contributed by atoms with Gasteiger partial charge in [-0.1, -0.05) is 18.5 Å². The summed E-state index contributed by atoms with van der Waals surface area (Å²) >= 11 is 5.94. The molecule has 27 heavy (non-hydrogen) atoms. The molecular formula is C19H25ClFN5O. The predicted molar refractivity (Wildman–Crippen MR) is 106 cm³/mol. The van der Waals surface area contributed by atoms with Gasteiger partial charge < -0.3 is 15.7 Å². The van der Waals surface area contributed by atoms with E-state index in [9.17, 15) is 9.50 Å². The zero-order chi connectivity index (χ0) is 19.2. The fourth-order valence-corrected chi connectivity index (χ4v) is 3.17. The van der Waals surface area contributed by atoms with Crippen LogP contribution in [-0.2, 0) is 0 Å². The third kappa shape index (κ3) is 5.49. The number of anilines is 2. The largest absolute Gasteiger partial charge is 0.393 e. The van der Waals surface area contributed by atoms with Crippen molar-refractivity contribution in [3.63, 3.8) is 0 Å². The van der Waals surface area contributed by atoms with Crippen LogP contribution in [0.4, 0.5) is 16.2 Å². The van der Waals surface area contributed by atoms with Crippen molar-refractivity contribution < 1.29 is 9.50 Å². The molecule has 1 saturated carbocycles. The second-order valence-corrected chi connectivity index (χ2v) is 7.29. The molecule has 1 aliphatic carbocycles. The summed E-state index contributed by atoms with van der Waals surface area (Å²) in [6, 6.07) is 3.80. The first kappa shape index (κ1) is 19.8. The third-order valence-electron chi connectivity index (χ3n) is 4.75. The van der Waals surface area contributed by atoms with Crippen LogP contribution < -0.4 is 10.6 Å². The number of nitrogens with one attached hydrogen (secondary N) is 2. The molecule has 3 N–H and O–H groups in total. The Morgan fingerprint density at radius 3 is 2.67 bits per heavy atom. The normalized spacial score (nSPS) is 20.9. The van der Waals surface area contributed by atoms with Gasteiger partial charge in [0.25, 0.3) is 0 Å². The molecule has 0 amide bonds. The van der Waals surface area contributed by atoms with Crippen LogP contribution in [0.1, 0.15) is 39.0 Å². The number of hydrogen-bond acceptors (Lipinski definition) is 6. The SMILES string of the molecule is CC[C@H](F)CNc1ncc(-c2ccc(Cl)cn2)c(NC2CCC(O)CC2)n1. The summed E-state index contributed by atoms with van der Waals surface area (Å²) in [4.78, 5) is 13.2. The molecule has 0 saturated heterocycles. The highest BCUT2D eigenvalue weighted by molar-refractivity contribution is 6.30. The van der Waals surface area contributed by atoms with Crippen molar-refractivity contribution in [2.24, 2.45) is 0 Å². The van der Waals surface area contributed by atoms with Crippen molar-refractivity contribution in [3.05, 3.63) is 29.5 Å². The molecule has 1 aliphatic rings. The second-order valence-electron chi connectivity index (χ2n) is 6.85. The molecule has 0 unspecified atom stereocenters. The van der Waals surface area contributed by atoms with Crippen LogP contribution in [0.25, 0.3) is 11.3 Å². The molecule has 146 valence electrons. The van der Waals surface area contributed by atoms with E-state index in [-0.39, 0.29) is 18.7 Å². The summed E-state index contributed by atoms with van der Waals surface area (Å²) in [6.07, 6.45) is 5.80. The molecule has 0 spiro atoms. The van der Waals surface area contributed by atoms with E-state index < -0.39 is 6.17 Å². The minimum Gasteiger partial charge on any atom is -0.393 e. The van der Waals surface area contributed by atoms with E-state index in [0.717, 1.165) is 31.2 Å². The van der Waals surface area contributed by atoms with Gasteiger partial charge in [-0.2, -0.15) is 4.98 Å². The Morgan fingerprint density at radius 1 is 1.22 bits per heavy atom. The van der Waals surface area contributed by atoms with Crippen molar-refractivity contribution in [1.29, 1.82) is 0 Å². The summed E-state index contributed by atoms with van der Waals surface area (Å²) in [5.41, 5.74) is 1.47. The molecule has 3 rings (SSSR count). The third-order valence-corrected chi connectivity index (χ3v) is 4.98. The van der Waals surface area contributed by atoms with Crippen molar-refractivity contribution in [3.8, 4) is 11.3 Å². The smallest absolute Gasteiger partial charge is 0.224 e. The highest BCUT2D eigenvalue weighted by Crippen LogP contribution is 2.29. The van der Waals surface area contributed by atoms with Gasteiger partial charge in [-0.3, -0.25) is 4.98 Å². The quantitative estimate of drug-likeness (QED) is 0.657. The lowest BCUT2D eigenvalue weighted by molar-refractivity contribution is 0.126. The second kappa shape index (κ2) is 9.28. The Kier molecular flexibility index (Phi) is 6.79. The lowest BCUT2D eigenvalue weighted by Crippen LogP contribution is -2.29. The van der Waals surface area contributed by atoms with Crippen molar-refractivity contribution >= 4 is 23.4 Å². The van der Waals surface area contributed by atoms with Crippen LogP contribution >= 0.6 is 11.6 Å².